The van der Waals surface area contributed by atoms with Gasteiger partial charge in [0.2, 0.25) is 15.9 Å². The summed E-state index contributed by atoms with van der Waals surface area (Å²) in [7, 11) is -3.77. The van der Waals surface area contributed by atoms with Crippen molar-refractivity contribution in [1.29, 1.82) is 0 Å². The van der Waals surface area contributed by atoms with Gasteiger partial charge in [-0.05, 0) is 41.8 Å². The number of sulfonamides is 1. The zero-order chi connectivity index (χ0) is 24.1. The summed E-state index contributed by atoms with van der Waals surface area (Å²) in [6, 6.07) is 23.6. The maximum absolute atomic E-state index is 13.1. The quantitative estimate of drug-likeness (QED) is 0.590. The maximum Gasteiger partial charge on any atom is 0.255 e. The van der Waals surface area contributed by atoms with E-state index >= 15 is 0 Å². The molecule has 3 aromatic rings. The zero-order valence-electron chi connectivity index (χ0n) is 19.0. The molecule has 1 aliphatic heterocycles. The largest absolute Gasteiger partial charge is 0.340 e. The molecule has 0 bridgehead atoms. The van der Waals surface area contributed by atoms with Gasteiger partial charge in [0, 0.05) is 44.4 Å². The maximum atomic E-state index is 13.1. The van der Waals surface area contributed by atoms with Crippen molar-refractivity contribution < 1.29 is 18.0 Å². The molecule has 34 heavy (non-hydrogen) atoms. The highest BCUT2D eigenvalue weighted by Gasteiger charge is 2.29. The number of piperazine rings is 1. The third-order valence-electron chi connectivity index (χ3n) is 5.92. The average Bonchev–Trinajstić information content (AvgIpc) is 2.86. The number of nitrogens with zero attached hydrogens (tertiary/aromatic N) is 2. The fourth-order valence-corrected chi connectivity index (χ4v) is 5.47. The molecule has 3 aromatic carbocycles. The third kappa shape index (κ3) is 5.35. The van der Waals surface area contributed by atoms with Gasteiger partial charge in [-0.1, -0.05) is 54.6 Å². The lowest BCUT2D eigenvalue weighted by atomic mass is 10.0. The van der Waals surface area contributed by atoms with Crippen LogP contribution in [-0.4, -0.2) is 55.6 Å². The number of benzene rings is 3. The van der Waals surface area contributed by atoms with E-state index in [4.69, 9.17) is 0 Å². The predicted molar refractivity (Wildman–Crippen MR) is 131 cm³/mol. The fraction of sp³-hybridized carbons (Fsp3) is 0.231. The molecule has 8 heteroatoms. The first kappa shape index (κ1) is 23.7. The first-order chi connectivity index (χ1) is 16.3. The van der Waals surface area contributed by atoms with Gasteiger partial charge < -0.3 is 10.2 Å². The molecule has 4 rings (SSSR count). The predicted octanol–water partition coefficient (Wildman–Crippen LogP) is 3.38. The molecule has 0 saturated carbocycles. The second-order valence-electron chi connectivity index (χ2n) is 8.21. The van der Waals surface area contributed by atoms with Gasteiger partial charge >= 0.3 is 0 Å². The molecule has 7 nitrogen and oxygen atoms in total. The Morgan fingerprint density at radius 3 is 2.24 bits per heavy atom. The second-order valence-corrected chi connectivity index (χ2v) is 10.1. The highest BCUT2D eigenvalue weighted by Crippen LogP contribution is 2.22. The van der Waals surface area contributed by atoms with E-state index in [0.717, 1.165) is 11.1 Å². The van der Waals surface area contributed by atoms with Gasteiger partial charge in [-0.3, -0.25) is 9.59 Å². The number of nitrogens with one attached hydrogen (secondary N) is 1. The van der Waals surface area contributed by atoms with E-state index in [1.807, 2.05) is 54.6 Å². The molecule has 0 unspecified atom stereocenters. The number of amides is 2. The second kappa shape index (κ2) is 10.2. The molecule has 176 valence electrons. The van der Waals surface area contributed by atoms with E-state index in [1.54, 1.807) is 17.0 Å². The van der Waals surface area contributed by atoms with Crippen molar-refractivity contribution in [3.05, 3.63) is 95.6 Å². The molecular formula is C26H27N3O4S. The summed E-state index contributed by atoms with van der Waals surface area (Å²) in [6.07, 6.45) is 0.665. The molecule has 1 heterocycles. The minimum Gasteiger partial charge on any atom is -0.340 e. The van der Waals surface area contributed by atoms with E-state index in [2.05, 4.69) is 5.32 Å². The van der Waals surface area contributed by atoms with Crippen LogP contribution in [-0.2, 0) is 21.2 Å². The smallest absolute Gasteiger partial charge is 0.255 e. The first-order valence-corrected chi connectivity index (χ1v) is 12.6. The Morgan fingerprint density at radius 1 is 0.853 bits per heavy atom. The highest BCUT2D eigenvalue weighted by molar-refractivity contribution is 7.89. The van der Waals surface area contributed by atoms with E-state index in [-0.39, 0.29) is 35.4 Å². The minimum atomic E-state index is -3.77. The number of hydrogen-bond acceptors (Lipinski definition) is 4. The summed E-state index contributed by atoms with van der Waals surface area (Å²) in [5, 5.41) is 2.93. The molecule has 1 fully saturated rings. The normalized spacial score (nSPS) is 14.6. The molecule has 2 amide bonds. The molecule has 0 spiro atoms. The van der Waals surface area contributed by atoms with Crippen molar-refractivity contribution in [3.8, 4) is 0 Å². The van der Waals surface area contributed by atoms with Crippen molar-refractivity contribution in [2.24, 2.45) is 0 Å². The summed E-state index contributed by atoms with van der Waals surface area (Å²) in [5.74, 6) is -0.442. The van der Waals surface area contributed by atoms with E-state index in [0.29, 0.717) is 25.2 Å². The van der Waals surface area contributed by atoms with Crippen LogP contribution in [0.15, 0.2) is 83.8 Å². The zero-order valence-corrected chi connectivity index (χ0v) is 19.8. The van der Waals surface area contributed by atoms with Crippen molar-refractivity contribution in [2.45, 2.75) is 18.2 Å². The number of rotatable bonds is 6. The monoisotopic (exact) mass is 477 g/mol. The summed E-state index contributed by atoms with van der Waals surface area (Å²) in [5.41, 5.74) is 3.04. The van der Waals surface area contributed by atoms with Gasteiger partial charge in [-0.25, -0.2) is 8.42 Å². The van der Waals surface area contributed by atoms with E-state index < -0.39 is 10.0 Å². The van der Waals surface area contributed by atoms with Crippen molar-refractivity contribution in [2.75, 3.05) is 31.5 Å². The number of anilines is 1. The molecule has 0 aromatic heterocycles. The van der Waals surface area contributed by atoms with Crippen LogP contribution in [0.4, 0.5) is 5.69 Å². The van der Waals surface area contributed by atoms with Crippen LogP contribution in [0.3, 0.4) is 0 Å². The van der Waals surface area contributed by atoms with Crippen LogP contribution in [0.25, 0.3) is 0 Å². The first-order valence-electron chi connectivity index (χ1n) is 11.1. The van der Waals surface area contributed by atoms with Crippen LogP contribution in [0.5, 0.6) is 0 Å². The van der Waals surface area contributed by atoms with Crippen LogP contribution in [0, 0.1) is 0 Å². The van der Waals surface area contributed by atoms with Gasteiger partial charge in [0.05, 0.1) is 4.90 Å². The van der Waals surface area contributed by atoms with Crippen LogP contribution >= 0.6 is 0 Å². The average molecular weight is 478 g/mol. The number of hydrogen-bond donors (Lipinski definition) is 1. The Morgan fingerprint density at radius 2 is 1.53 bits per heavy atom. The number of carbonyl (C=O) groups is 2. The Bertz CT molecular complexity index is 1280. The van der Waals surface area contributed by atoms with Crippen molar-refractivity contribution in [3.63, 3.8) is 0 Å². The fourth-order valence-electron chi connectivity index (χ4n) is 4.00. The Hall–Kier alpha value is -3.49. The van der Waals surface area contributed by atoms with Gasteiger partial charge in [0.1, 0.15) is 0 Å². The van der Waals surface area contributed by atoms with E-state index in [1.165, 1.54) is 23.4 Å². The van der Waals surface area contributed by atoms with Crippen molar-refractivity contribution in [1.82, 2.24) is 9.21 Å². The molecular weight excluding hydrogens is 450 g/mol. The Balaban J connectivity index is 1.50. The number of para-hydroxylation sites is 1. The van der Waals surface area contributed by atoms with Crippen molar-refractivity contribution >= 4 is 27.5 Å². The lowest BCUT2D eigenvalue weighted by molar-refractivity contribution is -0.129. The molecule has 1 aliphatic rings. The van der Waals surface area contributed by atoms with Gasteiger partial charge in [-0.15, -0.1) is 0 Å². The molecule has 0 aliphatic carbocycles. The Labute approximate surface area is 200 Å². The third-order valence-corrected chi connectivity index (χ3v) is 7.82. The Kier molecular flexibility index (Phi) is 7.09. The lowest BCUT2D eigenvalue weighted by Gasteiger charge is -2.33. The van der Waals surface area contributed by atoms with Gasteiger partial charge in [0.15, 0.2) is 0 Å². The van der Waals surface area contributed by atoms with Crippen LogP contribution in [0.1, 0.15) is 28.4 Å². The highest BCUT2D eigenvalue weighted by atomic mass is 32.2. The standard InChI is InChI=1S/C26H27N3O4S/c1-20(30)28-14-16-29(17-15-28)34(32,33)24-12-7-11-23(19-24)26(31)27-25-13-6-5-10-22(25)18-21-8-3-2-4-9-21/h2-13,19H,14-18H2,1H3,(H,27,31). The minimum absolute atomic E-state index is 0.0639. The molecule has 0 radical (unpaired) electrons. The SMILES string of the molecule is CC(=O)N1CCN(S(=O)(=O)c2cccc(C(=O)Nc3ccccc3Cc3ccccc3)c2)CC1. The number of carbonyl (C=O) groups excluding carboxylic acids is 2. The van der Waals surface area contributed by atoms with Gasteiger partial charge in [-0.2, -0.15) is 4.31 Å². The van der Waals surface area contributed by atoms with Gasteiger partial charge in [0.25, 0.3) is 5.91 Å². The van der Waals surface area contributed by atoms with Crippen LogP contribution < -0.4 is 5.32 Å². The van der Waals surface area contributed by atoms with Crippen LogP contribution in [0.2, 0.25) is 0 Å². The summed E-state index contributed by atoms with van der Waals surface area (Å²) in [4.78, 5) is 26.3. The van der Waals surface area contributed by atoms with E-state index in [9.17, 15) is 18.0 Å². The molecule has 0 atom stereocenters. The topological polar surface area (TPSA) is 86.8 Å². The summed E-state index contributed by atoms with van der Waals surface area (Å²) < 4.78 is 27.6. The molecule has 1 N–H and O–H groups in total. The summed E-state index contributed by atoms with van der Waals surface area (Å²) in [6.45, 7) is 2.64. The lowest BCUT2D eigenvalue weighted by Crippen LogP contribution is -2.49. The molecule has 1 saturated heterocycles. The summed E-state index contributed by atoms with van der Waals surface area (Å²) >= 11 is 0.